The molecule has 0 aliphatic heterocycles. The van der Waals surface area contributed by atoms with Crippen LogP contribution in [-0.4, -0.2) is 20.1 Å². The summed E-state index contributed by atoms with van der Waals surface area (Å²) in [4.78, 5) is 12.2. The number of benzene rings is 3. The Morgan fingerprint density at radius 1 is 0.769 bits per heavy atom. The van der Waals surface area contributed by atoms with Crippen LogP contribution >= 0.6 is 0 Å². The van der Waals surface area contributed by atoms with Gasteiger partial charge in [0, 0.05) is 28.9 Å². The molecule has 0 bridgehead atoms. The van der Waals surface area contributed by atoms with Crippen LogP contribution in [0.1, 0.15) is 0 Å². The van der Waals surface area contributed by atoms with E-state index in [1.54, 1.807) is 12.4 Å². The first kappa shape index (κ1) is 14.7. The number of aromatic hydroxyl groups is 1. The molecule has 3 aromatic carbocycles. The van der Waals surface area contributed by atoms with Crippen LogP contribution in [0.3, 0.4) is 0 Å². The molecule has 0 unspecified atom stereocenters. The Hall–Kier alpha value is -3.66. The van der Waals surface area contributed by atoms with E-state index in [1.165, 1.54) is 0 Å². The fraction of sp³-hybridized carbons (Fsp3) is 0. The number of phenolic OH excluding ortho intramolecular Hbond substituents is 1. The normalized spacial score (nSPS) is 11.2. The number of aromatic amines is 1. The van der Waals surface area contributed by atoms with Crippen molar-refractivity contribution < 1.29 is 5.11 Å². The van der Waals surface area contributed by atoms with Gasteiger partial charge >= 0.3 is 0 Å². The molecule has 5 aromatic rings. The van der Waals surface area contributed by atoms with Crippen LogP contribution in [0, 0.1) is 0 Å². The van der Waals surface area contributed by atoms with Crippen molar-refractivity contribution in [2.45, 2.75) is 0 Å². The molecule has 0 spiro atoms. The van der Waals surface area contributed by atoms with E-state index in [-0.39, 0.29) is 5.75 Å². The van der Waals surface area contributed by atoms with Crippen LogP contribution in [0.2, 0.25) is 0 Å². The molecule has 0 atom stereocenters. The van der Waals surface area contributed by atoms with Crippen molar-refractivity contribution in [1.29, 1.82) is 0 Å². The lowest BCUT2D eigenvalue weighted by molar-refractivity contribution is 0.483. The number of hydrogen-bond acceptors (Lipinski definition) is 3. The van der Waals surface area contributed by atoms with Crippen LogP contribution in [0.25, 0.3) is 44.3 Å². The molecule has 0 fully saturated rings. The quantitative estimate of drug-likeness (QED) is 0.468. The van der Waals surface area contributed by atoms with Crippen molar-refractivity contribution in [2.24, 2.45) is 0 Å². The lowest BCUT2D eigenvalue weighted by atomic mass is 9.96. The fourth-order valence-electron chi connectivity index (χ4n) is 3.44. The molecule has 0 amide bonds. The Bertz CT molecular complexity index is 1230. The molecule has 124 valence electrons. The third-order valence-electron chi connectivity index (χ3n) is 4.63. The summed E-state index contributed by atoms with van der Waals surface area (Å²) >= 11 is 0. The van der Waals surface area contributed by atoms with Gasteiger partial charge in [0.05, 0.1) is 0 Å². The van der Waals surface area contributed by atoms with Gasteiger partial charge in [0.1, 0.15) is 22.6 Å². The van der Waals surface area contributed by atoms with E-state index in [2.05, 4.69) is 9.97 Å². The van der Waals surface area contributed by atoms with E-state index in [4.69, 9.17) is 4.98 Å². The average Bonchev–Trinajstić information content (AvgIpc) is 3.16. The molecule has 0 aliphatic rings. The van der Waals surface area contributed by atoms with Gasteiger partial charge in [-0.25, -0.2) is 4.98 Å². The second-order valence-electron chi connectivity index (χ2n) is 6.19. The van der Waals surface area contributed by atoms with Crippen molar-refractivity contribution in [3.63, 3.8) is 0 Å². The van der Waals surface area contributed by atoms with Gasteiger partial charge in [-0.2, -0.15) is 0 Å². The summed E-state index contributed by atoms with van der Waals surface area (Å²) in [5, 5.41) is 13.1. The predicted octanol–water partition coefficient (Wildman–Crippen LogP) is 5.15. The maximum Gasteiger partial charge on any atom is 0.149 e. The van der Waals surface area contributed by atoms with Gasteiger partial charge in [-0.3, -0.25) is 4.98 Å². The van der Waals surface area contributed by atoms with E-state index in [1.807, 2.05) is 66.7 Å². The fourth-order valence-corrected chi connectivity index (χ4v) is 3.44. The molecular weight excluding hydrogens is 322 g/mol. The minimum atomic E-state index is 0.215. The van der Waals surface area contributed by atoms with Gasteiger partial charge in [-0.05, 0) is 23.1 Å². The zero-order valence-corrected chi connectivity index (χ0v) is 13.8. The Labute approximate surface area is 149 Å². The van der Waals surface area contributed by atoms with E-state index in [0.717, 1.165) is 33.0 Å². The van der Waals surface area contributed by atoms with Gasteiger partial charge in [0.15, 0.2) is 0 Å². The number of fused-ring (bicyclic) bond motifs is 3. The maximum absolute atomic E-state index is 11.1. The van der Waals surface area contributed by atoms with Crippen LogP contribution in [0.4, 0.5) is 0 Å². The summed E-state index contributed by atoms with van der Waals surface area (Å²) < 4.78 is 0. The van der Waals surface area contributed by atoms with Crippen LogP contribution in [0.5, 0.6) is 5.75 Å². The van der Waals surface area contributed by atoms with Gasteiger partial charge < -0.3 is 10.1 Å². The number of hydrogen-bond donors (Lipinski definition) is 2. The number of phenols is 1. The topological polar surface area (TPSA) is 61.8 Å². The first-order valence-corrected chi connectivity index (χ1v) is 8.42. The van der Waals surface area contributed by atoms with Crippen LogP contribution in [0.15, 0.2) is 79.1 Å². The number of nitrogens with one attached hydrogen (secondary N) is 1. The predicted molar refractivity (Wildman–Crippen MR) is 104 cm³/mol. The highest BCUT2D eigenvalue weighted by atomic mass is 16.3. The minimum Gasteiger partial charge on any atom is -0.505 e. The molecule has 2 heterocycles. The Kier molecular flexibility index (Phi) is 3.22. The molecule has 26 heavy (non-hydrogen) atoms. The van der Waals surface area contributed by atoms with E-state index >= 15 is 0 Å². The minimum absolute atomic E-state index is 0.215. The van der Waals surface area contributed by atoms with Gasteiger partial charge in [0.25, 0.3) is 0 Å². The summed E-state index contributed by atoms with van der Waals surface area (Å²) in [7, 11) is 0. The van der Waals surface area contributed by atoms with Crippen LogP contribution < -0.4 is 0 Å². The summed E-state index contributed by atoms with van der Waals surface area (Å²) in [6.07, 6.45) is 3.49. The summed E-state index contributed by atoms with van der Waals surface area (Å²) in [5.74, 6) is 0.909. The average molecular weight is 337 g/mol. The second kappa shape index (κ2) is 5.70. The van der Waals surface area contributed by atoms with Gasteiger partial charge in [-0.1, -0.05) is 54.6 Å². The third-order valence-corrected chi connectivity index (χ3v) is 4.63. The molecule has 4 heteroatoms. The molecule has 0 radical (unpaired) electrons. The lowest BCUT2D eigenvalue weighted by Gasteiger charge is -2.10. The Morgan fingerprint density at radius 2 is 1.50 bits per heavy atom. The number of imidazole rings is 1. The molecular formula is C22H15N3O. The molecule has 4 nitrogen and oxygen atoms in total. The molecule has 2 aromatic heterocycles. The largest absolute Gasteiger partial charge is 0.505 e. The standard InChI is InChI=1S/C22H15N3O/c26-21-18(14-7-2-1-3-8-14)16-10-4-5-11-17(16)19-20(21)25-22(24-19)15-9-6-12-23-13-15/h1-13,26H,(H,24,25). The van der Waals surface area contributed by atoms with Crippen molar-refractivity contribution in [1.82, 2.24) is 15.0 Å². The first-order valence-electron chi connectivity index (χ1n) is 8.42. The van der Waals surface area contributed by atoms with Crippen molar-refractivity contribution in [3.05, 3.63) is 79.1 Å². The monoisotopic (exact) mass is 337 g/mol. The number of rotatable bonds is 2. The van der Waals surface area contributed by atoms with Crippen LogP contribution in [-0.2, 0) is 0 Å². The smallest absolute Gasteiger partial charge is 0.149 e. The Balaban J connectivity index is 1.90. The molecule has 0 saturated carbocycles. The number of pyridine rings is 1. The van der Waals surface area contributed by atoms with Crippen molar-refractivity contribution in [2.75, 3.05) is 0 Å². The summed E-state index contributed by atoms with van der Waals surface area (Å²) in [6.45, 7) is 0. The third kappa shape index (κ3) is 2.16. The van der Waals surface area contributed by atoms with E-state index < -0.39 is 0 Å². The SMILES string of the molecule is Oc1c(-c2ccccc2)c2ccccc2c2nc(-c3cccnc3)[nH]c12. The number of aromatic nitrogens is 3. The molecule has 0 aliphatic carbocycles. The number of H-pyrrole nitrogens is 1. The van der Waals surface area contributed by atoms with E-state index in [0.29, 0.717) is 11.3 Å². The number of nitrogens with zero attached hydrogens (tertiary/aromatic N) is 2. The molecule has 2 N–H and O–H groups in total. The van der Waals surface area contributed by atoms with Crippen molar-refractivity contribution >= 4 is 21.8 Å². The maximum atomic E-state index is 11.1. The summed E-state index contributed by atoms with van der Waals surface area (Å²) in [5.41, 5.74) is 4.07. The molecule has 5 rings (SSSR count). The van der Waals surface area contributed by atoms with Gasteiger partial charge in [-0.15, -0.1) is 0 Å². The highest BCUT2D eigenvalue weighted by Gasteiger charge is 2.18. The molecule has 0 saturated heterocycles. The Morgan fingerprint density at radius 3 is 2.27 bits per heavy atom. The summed E-state index contributed by atoms with van der Waals surface area (Å²) in [6, 6.07) is 21.8. The highest BCUT2D eigenvalue weighted by molar-refractivity contribution is 6.15. The van der Waals surface area contributed by atoms with Crippen molar-refractivity contribution in [3.8, 4) is 28.3 Å². The van der Waals surface area contributed by atoms with Gasteiger partial charge in [0.2, 0.25) is 0 Å². The highest BCUT2D eigenvalue weighted by Crippen LogP contribution is 2.42. The second-order valence-corrected chi connectivity index (χ2v) is 6.19. The zero-order valence-electron chi connectivity index (χ0n) is 13.8. The first-order chi connectivity index (χ1) is 12.8. The lowest BCUT2D eigenvalue weighted by Crippen LogP contribution is -1.85. The van der Waals surface area contributed by atoms with E-state index in [9.17, 15) is 5.11 Å². The zero-order chi connectivity index (χ0) is 17.5.